The van der Waals surface area contributed by atoms with Gasteiger partial charge in [-0.25, -0.2) is 4.28 Å². The molecule has 2 rings (SSSR count). The predicted molar refractivity (Wildman–Crippen MR) is 69.4 cm³/mol. The molecule has 114 valence electrons. The topological polar surface area (TPSA) is 166 Å². The molecule has 0 aliphatic carbocycles. The summed E-state index contributed by atoms with van der Waals surface area (Å²) in [5, 5.41) is 0. The van der Waals surface area contributed by atoms with Crippen molar-refractivity contribution >= 4 is 28.0 Å². The standard InChI is InChI=1S/C9H15N5O4S.H2O/c10-7-6-8(13-4-2-1-3-5-13)12-9(11)14(7)18-19(15,16)17;/h6H,1-5H2,(H4,10,11,12,15,16,17);1H2. The number of aromatic nitrogens is 2. The number of nitrogens with two attached hydrogens (primary N) is 2. The molecule has 1 fully saturated rings. The molecule has 0 atom stereocenters. The first-order valence-corrected chi connectivity index (χ1v) is 7.14. The van der Waals surface area contributed by atoms with E-state index < -0.39 is 10.4 Å². The van der Waals surface area contributed by atoms with Gasteiger partial charge in [-0.2, -0.15) is 8.42 Å². The van der Waals surface area contributed by atoms with Gasteiger partial charge in [0, 0.05) is 13.1 Å². The fourth-order valence-corrected chi connectivity index (χ4v) is 2.33. The lowest BCUT2D eigenvalue weighted by molar-refractivity contribution is -0.835. The van der Waals surface area contributed by atoms with Crippen molar-refractivity contribution in [3.05, 3.63) is 6.07 Å². The van der Waals surface area contributed by atoms with Gasteiger partial charge in [-0.3, -0.25) is 4.55 Å². The van der Waals surface area contributed by atoms with Gasteiger partial charge in [-0.05, 0) is 24.0 Å². The monoisotopic (exact) mass is 307 g/mol. The van der Waals surface area contributed by atoms with Crippen LogP contribution in [0.2, 0.25) is 0 Å². The Hall–Kier alpha value is -1.85. The second-order valence-electron chi connectivity index (χ2n) is 4.24. The zero-order valence-corrected chi connectivity index (χ0v) is 11.5. The van der Waals surface area contributed by atoms with Gasteiger partial charge in [0.1, 0.15) is 0 Å². The molecular formula is C9H17N5O5S. The molecule has 0 amide bonds. The average molecular weight is 307 g/mol. The maximum Gasteiger partial charge on any atom is 0.474 e. The van der Waals surface area contributed by atoms with Crippen molar-refractivity contribution in [1.82, 2.24) is 4.98 Å². The highest BCUT2D eigenvalue weighted by Gasteiger charge is 2.23. The van der Waals surface area contributed by atoms with Crippen molar-refractivity contribution in [3.8, 4) is 0 Å². The molecule has 0 saturated carbocycles. The van der Waals surface area contributed by atoms with Crippen molar-refractivity contribution < 1.29 is 27.5 Å². The number of nitrogens with zero attached hydrogens (tertiary/aromatic N) is 3. The molecule has 2 heterocycles. The highest BCUT2D eigenvalue weighted by molar-refractivity contribution is 7.80. The van der Waals surface area contributed by atoms with E-state index in [0.717, 1.165) is 25.9 Å². The highest BCUT2D eigenvalue weighted by atomic mass is 32.3. The maximum atomic E-state index is 10.7. The van der Waals surface area contributed by atoms with Gasteiger partial charge in [0.05, 0.1) is 6.07 Å². The summed E-state index contributed by atoms with van der Waals surface area (Å²) in [5.41, 5.74) is 11.2. The van der Waals surface area contributed by atoms with Crippen molar-refractivity contribution in [3.63, 3.8) is 0 Å². The van der Waals surface area contributed by atoms with Crippen LogP contribution in [0.15, 0.2) is 6.07 Å². The van der Waals surface area contributed by atoms with Gasteiger partial charge in [-0.15, -0.1) is 0 Å². The van der Waals surface area contributed by atoms with E-state index in [2.05, 4.69) is 9.27 Å². The Labute approximate surface area is 116 Å². The Morgan fingerprint density at radius 3 is 2.40 bits per heavy atom. The minimum absolute atomic E-state index is 0. The van der Waals surface area contributed by atoms with E-state index in [0.29, 0.717) is 10.5 Å². The molecule has 1 saturated heterocycles. The summed E-state index contributed by atoms with van der Waals surface area (Å²) < 4.78 is 34.7. The van der Waals surface area contributed by atoms with Crippen LogP contribution >= 0.6 is 0 Å². The number of hydrogen-bond acceptors (Lipinski definition) is 8. The van der Waals surface area contributed by atoms with Crippen LogP contribution < -0.4 is 25.4 Å². The minimum atomic E-state index is -4.71. The van der Waals surface area contributed by atoms with E-state index in [9.17, 15) is 8.42 Å². The molecule has 0 spiro atoms. The van der Waals surface area contributed by atoms with E-state index in [4.69, 9.17) is 16.0 Å². The number of piperidine rings is 1. The summed E-state index contributed by atoms with van der Waals surface area (Å²) in [5.74, 6) is 0.244. The van der Waals surface area contributed by atoms with Crippen molar-refractivity contribution in [2.45, 2.75) is 19.3 Å². The smallest absolute Gasteiger partial charge is 0.474 e. The first-order chi connectivity index (χ1) is 8.87. The first-order valence-electron chi connectivity index (χ1n) is 5.77. The largest absolute Gasteiger partial charge is 0.870 e. The molecule has 11 heteroatoms. The van der Waals surface area contributed by atoms with Crippen LogP contribution in [-0.4, -0.2) is 36.5 Å². The third kappa shape index (κ3) is 3.82. The molecule has 10 nitrogen and oxygen atoms in total. The van der Waals surface area contributed by atoms with Crippen LogP contribution in [0.4, 0.5) is 17.6 Å². The van der Waals surface area contributed by atoms with Gasteiger partial charge in [-0.1, -0.05) is 4.98 Å². The molecule has 1 aliphatic rings. The summed E-state index contributed by atoms with van der Waals surface area (Å²) in [6, 6.07) is 1.45. The Kier molecular flexibility index (Phi) is 4.92. The normalized spacial score (nSPS) is 15.6. The SMILES string of the molecule is Nc1cc(N2CCCCC2)nc(N)[n+]1OS(=O)(=O)O.[OH-]. The fraction of sp³-hybridized carbons (Fsp3) is 0.556. The van der Waals surface area contributed by atoms with Crippen molar-refractivity contribution in [2.24, 2.45) is 0 Å². The molecule has 0 aromatic carbocycles. The average Bonchev–Trinajstić information content (AvgIpc) is 2.33. The summed E-state index contributed by atoms with van der Waals surface area (Å²) >= 11 is 0. The fourth-order valence-electron chi connectivity index (χ4n) is 1.98. The number of rotatable bonds is 3. The molecule has 0 unspecified atom stereocenters. The number of anilines is 3. The van der Waals surface area contributed by atoms with Gasteiger partial charge in [0.15, 0.2) is 5.82 Å². The Balaban J connectivity index is 0.00000200. The van der Waals surface area contributed by atoms with E-state index in [-0.39, 0.29) is 17.2 Å². The second kappa shape index (κ2) is 6.07. The highest BCUT2D eigenvalue weighted by Crippen LogP contribution is 2.18. The van der Waals surface area contributed by atoms with Gasteiger partial charge < -0.3 is 21.8 Å². The Bertz CT molecular complexity index is 549. The minimum Gasteiger partial charge on any atom is -0.870 e. The molecular weight excluding hydrogens is 290 g/mol. The molecule has 6 N–H and O–H groups in total. The molecule has 0 radical (unpaired) electrons. The molecule has 1 aromatic rings. The number of hydrogen-bond donors (Lipinski definition) is 3. The van der Waals surface area contributed by atoms with Crippen LogP contribution in [-0.2, 0) is 10.4 Å². The third-order valence-corrected chi connectivity index (χ3v) is 3.13. The van der Waals surface area contributed by atoms with E-state index >= 15 is 0 Å². The molecule has 20 heavy (non-hydrogen) atoms. The first kappa shape index (κ1) is 16.2. The van der Waals surface area contributed by atoms with E-state index in [1.165, 1.54) is 12.5 Å². The Morgan fingerprint density at radius 1 is 1.30 bits per heavy atom. The zero-order valence-electron chi connectivity index (χ0n) is 10.6. The second-order valence-corrected chi connectivity index (χ2v) is 5.25. The lowest BCUT2D eigenvalue weighted by Crippen LogP contribution is -2.51. The van der Waals surface area contributed by atoms with Crippen LogP contribution in [0.5, 0.6) is 0 Å². The van der Waals surface area contributed by atoms with E-state index in [1.807, 2.05) is 4.90 Å². The third-order valence-electron chi connectivity index (χ3n) is 2.80. The predicted octanol–water partition coefficient (Wildman–Crippen LogP) is -1.42. The van der Waals surface area contributed by atoms with Crippen LogP contribution in [0.25, 0.3) is 0 Å². The van der Waals surface area contributed by atoms with Crippen LogP contribution in [0.3, 0.4) is 0 Å². The maximum absolute atomic E-state index is 10.7. The molecule has 0 bridgehead atoms. The summed E-state index contributed by atoms with van der Waals surface area (Å²) in [7, 11) is -4.71. The van der Waals surface area contributed by atoms with Crippen molar-refractivity contribution in [2.75, 3.05) is 29.5 Å². The van der Waals surface area contributed by atoms with Crippen molar-refractivity contribution in [1.29, 1.82) is 0 Å². The molecule has 1 aliphatic heterocycles. The van der Waals surface area contributed by atoms with E-state index in [1.54, 1.807) is 0 Å². The quantitative estimate of drug-likeness (QED) is 0.448. The zero-order chi connectivity index (χ0) is 14.0. The summed E-state index contributed by atoms with van der Waals surface area (Å²) in [6.07, 6.45) is 3.27. The Morgan fingerprint density at radius 2 is 1.90 bits per heavy atom. The van der Waals surface area contributed by atoms with Gasteiger partial charge in [0.25, 0.3) is 0 Å². The summed E-state index contributed by atoms with van der Waals surface area (Å²) in [4.78, 5) is 6.04. The van der Waals surface area contributed by atoms with Gasteiger partial charge >= 0.3 is 16.3 Å². The molecule has 1 aromatic heterocycles. The van der Waals surface area contributed by atoms with Crippen LogP contribution in [0.1, 0.15) is 19.3 Å². The number of nitrogen functional groups attached to an aromatic ring is 2. The van der Waals surface area contributed by atoms with Gasteiger partial charge in [0.2, 0.25) is 5.82 Å². The lowest BCUT2D eigenvalue weighted by Gasteiger charge is -2.26. The van der Waals surface area contributed by atoms with Crippen LogP contribution in [0, 0.1) is 0 Å². The lowest BCUT2D eigenvalue weighted by atomic mass is 10.1. The summed E-state index contributed by atoms with van der Waals surface area (Å²) in [6.45, 7) is 1.68.